The molecule has 27 heavy (non-hydrogen) atoms. The number of anilines is 1. The minimum absolute atomic E-state index is 0. The van der Waals surface area contributed by atoms with Gasteiger partial charge in [-0.25, -0.2) is 9.98 Å². The highest BCUT2D eigenvalue weighted by atomic mass is 127. The van der Waals surface area contributed by atoms with E-state index < -0.39 is 0 Å². The van der Waals surface area contributed by atoms with E-state index in [2.05, 4.69) is 43.6 Å². The Morgan fingerprint density at radius 2 is 2.19 bits per heavy atom. The standard InChI is InChI=1S/C18H27N7O.HI/c1-4-19-18(20-11-17-21-13-22-24(17)2)23-14-9-10-25(12-14)15-7-5-6-8-16(15)26-3;/h5-8,13-14H,4,9-12H2,1-3H3,(H2,19,20,23);1H. The van der Waals surface area contributed by atoms with Gasteiger partial charge in [0.1, 0.15) is 24.4 Å². The summed E-state index contributed by atoms with van der Waals surface area (Å²) >= 11 is 0. The molecular formula is C18H28IN7O. The third-order valence-electron chi connectivity index (χ3n) is 4.48. The highest BCUT2D eigenvalue weighted by Crippen LogP contribution is 2.30. The highest BCUT2D eigenvalue weighted by molar-refractivity contribution is 14.0. The fourth-order valence-electron chi connectivity index (χ4n) is 3.11. The van der Waals surface area contributed by atoms with Crippen LogP contribution in [0.25, 0.3) is 0 Å². The Balaban J connectivity index is 0.00000261. The Morgan fingerprint density at radius 3 is 2.89 bits per heavy atom. The summed E-state index contributed by atoms with van der Waals surface area (Å²) < 4.78 is 7.23. The maximum absolute atomic E-state index is 5.49. The number of nitrogens with one attached hydrogen (secondary N) is 2. The average Bonchev–Trinajstić information content (AvgIpc) is 3.29. The zero-order chi connectivity index (χ0) is 18.4. The average molecular weight is 485 g/mol. The lowest BCUT2D eigenvalue weighted by Gasteiger charge is -2.22. The van der Waals surface area contributed by atoms with Gasteiger partial charge >= 0.3 is 0 Å². The van der Waals surface area contributed by atoms with Crippen LogP contribution in [-0.4, -0.2) is 53.5 Å². The Labute approximate surface area is 177 Å². The van der Waals surface area contributed by atoms with Gasteiger partial charge in [0.05, 0.1) is 12.8 Å². The van der Waals surface area contributed by atoms with Crippen molar-refractivity contribution in [3.8, 4) is 5.75 Å². The minimum Gasteiger partial charge on any atom is -0.495 e. The normalized spacial score (nSPS) is 16.8. The summed E-state index contributed by atoms with van der Waals surface area (Å²) in [4.78, 5) is 11.2. The van der Waals surface area contributed by atoms with Crippen molar-refractivity contribution in [1.82, 2.24) is 25.4 Å². The molecule has 1 aromatic carbocycles. The molecule has 0 amide bonds. The molecule has 1 aromatic heterocycles. The first-order chi connectivity index (χ1) is 12.7. The van der Waals surface area contributed by atoms with Gasteiger partial charge in [-0.2, -0.15) is 5.10 Å². The fourth-order valence-corrected chi connectivity index (χ4v) is 3.11. The largest absolute Gasteiger partial charge is 0.495 e. The second kappa shape index (κ2) is 10.3. The number of hydrogen-bond donors (Lipinski definition) is 2. The van der Waals surface area contributed by atoms with Gasteiger partial charge in [0.2, 0.25) is 0 Å². The van der Waals surface area contributed by atoms with E-state index in [1.54, 1.807) is 18.1 Å². The van der Waals surface area contributed by atoms with Crippen molar-refractivity contribution in [3.05, 3.63) is 36.4 Å². The molecule has 9 heteroatoms. The van der Waals surface area contributed by atoms with E-state index in [1.807, 2.05) is 25.2 Å². The van der Waals surface area contributed by atoms with E-state index in [9.17, 15) is 0 Å². The minimum atomic E-state index is 0. The van der Waals surface area contributed by atoms with Gasteiger partial charge in [0.25, 0.3) is 0 Å². The van der Waals surface area contributed by atoms with Crippen molar-refractivity contribution >= 4 is 35.6 Å². The van der Waals surface area contributed by atoms with Crippen LogP contribution in [0.3, 0.4) is 0 Å². The molecule has 2 N–H and O–H groups in total. The number of rotatable bonds is 6. The lowest BCUT2D eigenvalue weighted by molar-refractivity contribution is 0.415. The SMILES string of the molecule is CCNC(=NCc1ncnn1C)NC1CCN(c2ccccc2OC)C1.I. The zero-order valence-electron chi connectivity index (χ0n) is 16.1. The van der Waals surface area contributed by atoms with Gasteiger partial charge in [-0.05, 0) is 25.5 Å². The number of guanidine groups is 1. The third kappa shape index (κ3) is 5.47. The molecule has 1 aliphatic rings. The summed E-state index contributed by atoms with van der Waals surface area (Å²) in [7, 11) is 3.59. The molecule has 1 fully saturated rings. The first kappa shape index (κ1) is 21.3. The number of aliphatic imine (C=N–C) groups is 1. The number of hydrogen-bond acceptors (Lipinski definition) is 5. The fraction of sp³-hybridized carbons (Fsp3) is 0.500. The maximum atomic E-state index is 5.49. The van der Waals surface area contributed by atoms with E-state index in [0.717, 1.165) is 49.3 Å². The molecule has 3 rings (SSSR count). The molecular weight excluding hydrogens is 457 g/mol. The molecule has 148 valence electrons. The number of para-hydroxylation sites is 2. The van der Waals surface area contributed by atoms with Crippen LogP contribution >= 0.6 is 24.0 Å². The number of halogens is 1. The van der Waals surface area contributed by atoms with Crippen LogP contribution < -0.4 is 20.3 Å². The summed E-state index contributed by atoms with van der Waals surface area (Å²) in [5, 5.41) is 10.9. The maximum Gasteiger partial charge on any atom is 0.191 e. The molecule has 2 aromatic rings. The van der Waals surface area contributed by atoms with Gasteiger partial charge in [-0.3, -0.25) is 4.68 Å². The van der Waals surface area contributed by atoms with Crippen LogP contribution in [0.2, 0.25) is 0 Å². The number of methoxy groups -OCH3 is 1. The van der Waals surface area contributed by atoms with Crippen molar-refractivity contribution in [1.29, 1.82) is 0 Å². The first-order valence-corrected chi connectivity index (χ1v) is 8.97. The predicted octanol–water partition coefficient (Wildman–Crippen LogP) is 1.78. The second-order valence-corrected chi connectivity index (χ2v) is 6.24. The van der Waals surface area contributed by atoms with Crippen molar-refractivity contribution in [2.75, 3.05) is 31.6 Å². The highest BCUT2D eigenvalue weighted by Gasteiger charge is 2.25. The van der Waals surface area contributed by atoms with Gasteiger partial charge in [0, 0.05) is 32.7 Å². The smallest absolute Gasteiger partial charge is 0.191 e. The summed E-state index contributed by atoms with van der Waals surface area (Å²) in [6.07, 6.45) is 2.60. The van der Waals surface area contributed by atoms with E-state index in [-0.39, 0.29) is 24.0 Å². The van der Waals surface area contributed by atoms with E-state index in [4.69, 9.17) is 4.74 Å². The quantitative estimate of drug-likeness (QED) is 0.369. The Morgan fingerprint density at radius 1 is 1.37 bits per heavy atom. The summed E-state index contributed by atoms with van der Waals surface area (Å²) in [6, 6.07) is 8.48. The van der Waals surface area contributed by atoms with Crippen molar-refractivity contribution in [2.24, 2.45) is 12.0 Å². The van der Waals surface area contributed by atoms with Gasteiger partial charge < -0.3 is 20.3 Å². The molecule has 0 bridgehead atoms. The predicted molar refractivity (Wildman–Crippen MR) is 118 cm³/mol. The Bertz CT molecular complexity index is 749. The van der Waals surface area contributed by atoms with Crippen LogP contribution in [0.15, 0.2) is 35.6 Å². The zero-order valence-corrected chi connectivity index (χ0v) is 18.4. The number of aromatic nitrogens is 3. The monoisotopic (exact) mass is 485 g/mol. The second-order valence-electron chi connectivity index (χ2n) is 6.24. The lowest BCUT2D eigenvalue weighted by Crippen LogP contribution is -2.44. The van der Waals surface area contributed by atoms with Gasteiger partial charge in [-0.15, -0.1) is 24.0 Å². The molecule has 1 aliphatic heterocycles. The molecule has 2 heterocycles. The molecule has 0 spiro atoms. The van der Waals surface area contributed by atoms with Gasteiger partial charge in [0.15, 0.2) is 5.96 Å². The van der Waals surface area contributed by atoms with Crippen LogP contribution in [-0.2, 0) is 13.6 Å². The Kier molecular flexibility index (Phi) is 8.14. The lowest BCUT2D eigenvalue weighted by atomic mass is 10.2. The van der Waals surface area contributed by atoms with Crippen molar-refractivity contribution in [2.45, 2.75) is 25.9 Å². The van der Waals surface area contributed by atoms with E-state index in [1.165, 1.54) is 0 Å². The summed E-state index contributed by atoms with van der Waals surface area (Å²) in [6.45, 7) is 5.27. The molecule has 0 radical (unpaired) electrons. The summed E-state index contributed by atoms with van der Waals surface area (Å²) in [5.74, 6) is 2.56. The van der Waals surface area contributed by atoms with E-state index in [0.29, 0.717) is 12.6 Å². The Hall–Kier alpha value is -2.04. The first-order valence-electron chi connectivity index (χ1n) is 8.97. The topological polar surface area (TPSA) is 79.6 Å². The molecule has 0 aliphatic carbocycles. The third-order valence-corrected chi connectivity index (χ3v) is 4.48. The van der Waals surface area contributed by atoms with Crippen molar-refractivity contribution < 1.29 is 4.74 Å². The number of benzene rings is 1. The van der Waals surface area contributed by atoms with Gasteiger partial charge in [-0.1, -0.05) is 12.1 Å². The molecule has 1 saturated heterocycles. The molecule has 8 nitrogen and oxygen atoms in total. The van der Waals surface area contributed by atoms with Crippen LogP contribution in [0.5, 0.6) is 5.75 Å². The molecule has 1 unspecified atom stereocenters. The molecule has 1 atom stereocenters. The molecule has 0 saturated carbocycles. The van der Waals surface area contributed by atoms with Crippen molar-refractivity contribution in [3.63, 3.8) is 0 Å². The number of ether oxygens (including phenoxy) is 1. The van der Waals surface area contributed by atoms with Crippen LogP contribution in [0.1, 0.15) is 19.2 Å². The van der Waals surface area contributed by atoms with Crippen LogP contribution in [0, 0.1) is 0 Å². The van der Waals surface area contributed by atoms with E-state index >= 15 is 0 Å². The number of aryl methyl sites for hydroxylation is 1. The van der Waals surface area contributed by atoms with Crippen LogP contribution in [0.4, 0.5) is 5.69 Å². The number of nitrogens with zero attached hydrogens (tertiary/aromatic N) is 5. The summed E-state index contributed by atoms with van der Waals surface area (Å²) in [5.41, 5.74) is 1.14.